The van der Waals surface area contributed by atoms with E-state index in [9.17, 15) is 14.4 Å². The highest BCUT2D eigenvalue weighted by atomic mass is 16.6. The molecule has 1 aliphatic rings. The maximum Gasteiger partial charge on any atom is 0.304 e. The minimum absolute atomic E-state index is 0.0530. The standard InChI is InChI=1S/C24H26O6/c1-5-21(26)24(30-16(3)25)19-11-12-20(28-4)22(18(19)13-15(2)23(24)27)29-14-17-9-7-6-8-10-17/h6-12,15H,5,13-14H2,1-4H3. The molecule has 1 aliphatic carbocycles. The maximum absolute atomic E-state index is 13.2. The Morgan fingerprint density at radius 2 is 1.83 bits per heavy atom. The fraction of sp³-hybridized carbons (Fsp3) is 0.375. The number of rotatable bonds is 7. The Balaban J connectivity index is 2.18. The summed E-state index contributed by atoms with van der Waals surface area (Å²) < 4.78 is 17.1. The molecule has 0 saturated heterocycles. The van der Waals surface area contributed by atoms with Gasteiger partial charge in [-0.2, -0.15) is 0 Å². The second-order valence-corrected chi connectivity index (χ2v) is 7.42. The molecule has 2 atom stereocenters. The molecule has 0 N–H and O–H groups in total. The third kappa shape index (κ3) is 3.70. The third-order valence-corrected chi connectivity index (χ3v) is 5.37. The van der Waals surface area contributed by atoms with Crippen LogP contribution in [0.5, 0.6) is 11.5 Å². The van der Waals surface area contributed by atoms with Gasteiger partial charge in [-0.25, -0.2) is 0 Å². The first-order chi connectivity index (χ1) is 14.3. The van der Waals surface area contributed by atoms with Gasteiger partial charge in [-0.15, -0.1) is 0 Å². The molecule has 0 aromatic heterocycles. The van der Waals surface area contributed by atoms with Crippen molar-refractivity contribution < 1.29 is 28.6 Å². The topological polar surface area (TPSA) is 78.9 Å². The van der Waals surface area contributed by atoms with E-state index in [0.717, 1.165) is 5.56 Å². The predicted molar refractivity (Wildman–Crippen MR) is 110 cm³/mol. The van der Waals surface area contributed by atoms with Gasteiger partial charge in [0.2, 0.25) is 0 Å². The minimum atomic E-state index is -1.95. The molecule has 0 saturated carbocycles. The summed E-state index contributed by atoms with van der Waals surface area (Å²) >= 11 is 0. The molecule has 0 heterocycles. The number of hydrogen-bond donors (Lipinski definition) is 0. The molecule has 0 fully saturated rings. The van der Waals surface area contributed by atoms with Gasteiger partial charge in [0.1, 0.15) is 6.61 Å². The van der Waals surface area contributed by atoms with Crippen molar-refractivity contribution >= 4 is 17.5 Å². The van der Waals surface area contributed by atoms with E-state index in [1.54, 1.807) is 26.0 Å². The average Bonchev–Trinajstić information content (AvgIpc) is 2.75. The molecular weight excluding hydrogens is 384 g/mol. The Kier molecular flexibility index (Phi) is 6.25. The summed E-state index contributed by atoms with van der Waals surface area (Å²) in [5.74, 6) is -1.12. The van der Waals surface area contributed by atoms with E-state index in [0.29, 0.717) is 29.0 Å². The number of carbonyl (C=O) groups is 3. The second-order valence-electron chi connectivity index (χ2n) is 7.42. The minimum Gasteiger partial charge on any atom is -0.493 e. The van der Waals surface area contributed by atoms with E-state index in [1.807, 2.05) is 30.3 Å². The highest BCUT2D eigenvalue weighted by Gasteiger charge is 2.55. The fourth-order valence-electron chi connectivity index (χ4n) is 3.98. The van der Waals surface area contributed by atoms with Crippen LogP contribution in [0.25, 0.3) is 0 Å². The van der Waals surface area contributed by atoms with Crippen molar-refractivity contribution in [1.82, 2.24) is 0 Å². The van der Waals surface area contributed by atoms with E-state index in [4.69, 9.17) is 14.2 Å². The molecule has 0 bridgehead atoms. The zero-order chi connectivity index (χ0) is 21.9. The van der Waals surface area contributed by atoms with E-state index in [-0.39, 0.29) is 13.0 Å². The Labute approximate surface area is 176 Å². The molecule has 0 amide bonds. The number of esters is 1. The fourth-order valence-corrected chi connectivity index (χ4v) is 3.98. The summed E-state index contributed by atoms with van der Waals surface area (Å²) in [5.41, 5.74) is 0.0231. The number of hydrogen-bond acceptors (Lipinski definition) is 6. The maximum atomic E-state index is 13.2. The van der Waals surface area contributed by atoms with Crippen molar-refractivity contribution in [3.63, 3.8) is 0 Å². The van der Waals surface area contributed by atoms with Crippen LogP contribution in [0, 0.1) is 5.92 Å². The molecule has 30 heavy (non-hydrogen) atoms. The second kappa shape index (κ2) is 8.69. The van der Waals surface area contributed by atoms with Crippen LogP contribution in [0.3, 0.4) is 0 Å². The zero-order valence-corrected chi connectivity index (χ0v) is 17.7. The highest BCUT2D eigenvalue weighted by Crippen LogP contribution is 2.46. The Hall–Kier alpha value is -3.15. The number of Topliss-reactive ketones (excluding diaryl/α,β-unsaturated/α-hetero) is 2. The Bertz CT molecular complexity index is 965. The number of ketones is 2. The molecule has 6 heteroatoms. The summed E-state index contributed by atoms with van der Waals surface area (Å²) in [6.45, 7) is 4.87. The van der Waals surface area contributed by atoms with Crippen LogP contribution >= 0.6 is 0 Å². The average molecular weight is 410 g/mol. The first-order valence-electron chi connectivity index (χ1n) is 9.99. The summed E-state index contributed by atoms with van der Waals surface area (Å²) in [6.07, 6.45) is 0.410. The molecule has 0 radical (unpaired) electrons. The van der Waals surface area contributed by atoms with Crippen molar-refractivity contribution in [1.29, 1.82) is 0 Å². The van der Waals surface area contributed by atoms with E-state index in [1.165, 1.54) is 14.0 Å². The van der Waals surface area contributed by atoms with E-state index < -0.39 is 29.1 Å². The quantitative estimate of drug-likeness (QED) is 0.511. The van der Waals surface area contributed by atoms with Gasteiger partial charge in [0, 0.05) is 30.4 Å². The van der Waals surface area contributed by atoms with Crippen molar-refractivity contribution in [3.8, 4) is 11.5 Å². The monoisotopic (exact) mass is 410 g/mol. The zero-order valence-electron chi connectivity index (χ0n) is 17.7. The normalized spacial score (nSPS) is 20.3. The lowest BCUT2D eigenvalue weighted by molar-refractivity contribution is -0.175. The van der Waals surface area contributed by atoms with Crippen LogP contribution in [0.15, 0.2) is 42.5 Å². The largest absolute Gasteiger partial charge is 0.493 e. The molecule has 6 nitrogen and oxygen atoms in total. The van der Waals surface area contributed by atoms with Gasteiger partial charge in [0.15, 0.2) is 23.1 Å². The van der Waals surface area contributed by atoms with Gasteiger partial charge in [-0.05, 0) is 24.1 Å². The van der Waals surface area contributed by atoms with Gasteiger partial charge in [0.25, 0.3) is 5.60 Å². The van der Waals surface area contributed by atoms with Crippen LogP contribution in [0.2, 0.25) is 0 Å². The molecule has 2 unspecified atom stereocenters. The number of benzene rings is 2. The molecule has 0 spiro atoms. The van der Waals surface area contributed by atoms with E-state index >= 15 is 0 Å². The third-order valence-electron chi connectivity index (χ3n) is 5.37. The van der Waals surface area contributed by atoms with Crippen LogP contribution in [0.4, 0.5) is 0 Å². The van der Waals surface area contributed by atoms with Crippen molar-refractivity contribution in [2.75, 3.05) is 7.11 Å². The highest BCUT2D eigenvalue weighted by molar-refractivity contribution is 6.14. The van der Waals surface area contributed by atoms with Gasteiger partial charge in [0.05, 0.1) is 7.11 Å². The van der Waals surface area contributed by atoms with Crippen LogP contribution in [-0.2, 0) is 37.7 Å². The Morgan fingerprint density at radius 1 is 1.13 bits per heavy atom. The smallest absolute Gasteiger partial charge is 0.304 e. The first kappa shape index (κ1) is 21.6. The van der Waals surface area contributed by atoms with Crippen LogP contribution < -0.4 is 9.47 Å². The molecular formula is C24H26O6. The number of carbonyl (C=O) groups excluding carboxylic acids is 3. The lowest BCUT2D eigenvalue weighted by Gasteiger charge is -2.38. The summed E-state index contributed by atoms with van der Waals surface area (Å²) in [6, 6.07) is 12.9. The molecule has 2 aromatic carbocycles. The summed E-state index contributed by atoms with van der Waals surface area (Å²) in [7, 11) is 1.53. The van der Waals surface area contributed by atoms with Crippen molar-refractivity contribution in [2.45, 2.75) is 45.8 Å². The van der Waals surface area contributed by atoms with Gasteiger partial charge in [-0.3, -0.25) is 14.4 Å². The lowest BCUT2D eigenvalue weighted by atomic mass is 9.70. The van der Waals surface area contributed by atoms with Gasteiger partial charge >= 0.3 is 5.97 Å². The number of ether oxygens (including phenoxy) is 3. The van der Waals surface area contributed by atoms with Crippen LogP contribution in [-0.4, -0.2) is 24.6 Å². The summed E-state index contributed by atoms with van der Waals surface area (Å²) in [5, 5.41) is 0. The SMILES string of the molecule is CCC(=O)C1(OC(C)=O)C(=O)C(C)Cc2c1ccc(OC)c2OCc1ccccc1. The molecule has 3 rings (SSSR count). The van der Waals surface area contributed by atoms with E-state index in [2.05, 4.69) is 0 Å². The number of fused-ring (bicyclic) bond motifs is 1. The molecule has 0 aliphatic heterocycles. The lowest BCUT2D eigenvalue weighted by Crippen LogP contribution is -2.53. The van der Waals surface area contributed by atoms with Crippen molar-refractivity contribution in [3.05, 3.63) is 59.2 Å². The Morgan fingerprint density at radius 3 is 2.43 bits per heavy atom. The predicted octanol–water partition coefficient (Wildman–Crippen LogP) is 3.77. The van der Waals surface area contributed by atoms with Gasteiger partial charge < -0.3 is 14.2 Å². The van der Waals surface area contributed by atoms with Crippen molar-refractivity contribution in [2.24, 2.45) is 5.92 Å². The van der Waals surface area contributed by atoms with Gasteiger partial charge in [-0.1, -0.05) is 44.2 Å². The molecule has 2 aromatic rings. The number of methoxy groups -OCH3 is 1. The molecule has 158 valence electrons. The first-order valence-corrected chi connectivity index (χ1v) is 9.99. The van der Waals surface area contributed by atoms with Crippen LogP contribution in [0.1, 0.15) is 43.9 Å². The summed E-state index contributed by atoms with van der Waals surface area (Å²) in [4.78, 5) is 38.2.